The standard InChI is InChI=1S/C16H26F2N2/c1-5-7-20(6-2)16-14(17)8-13(9-15(16)18)11-19-10-12(3)4/h8-9,12,19H,5-7,10-11H2,1-4H3. The summed E-state index contributed by atoms with van der Waals surface area (Å²) >= 11 is 0. The second-order valence-electron chi connectivity index (χ2n) is 5.51. The molecule has 0 unspecified atom stereocenters. The summed E-state index contributed by atoms with van der Waals surface area (Å²) in [6.07, 6.45) is 0.865. The Labute approximate surface area is 121 Å². The predicted molar refractivity (Wildman–Crippen MR) is 81.1 cm³/mol. The summed E-state index contributed by atoms with van der Waals surface area (Å²) < 4.78 is 28.3. The lowest BCUT2D eigenvalue weighted by molar-refractivity contribution is 0.541. The van der Waals surface area contributed by atoms with Crippen LogP contribution in [0.1, 0.15) is 39.7 Å². The van der Waals surface area contributed by atoms with Crippen LogP contribution in [0.3, 0.4) is 0 Å². The van der Waals surface area contributed by atoms with Gasteiger partial charge in [-0.2, -0.15) is 0 Å². The number of hydrogen-bond acceptors (Lipinski definition) is 2. The molecular formula is C16H26F2N2. The zero-order valence-electron chi connectivity index (χ0n) is 13.0. The summed E-state index contributed by atoms with van der Waals surface area (Å²) in [5.41, 5.74) is 0.749. The monoisotopic (exact) mass is 284 g/mol. The summed E-state index contributed by atoms with van der Waals surface area (Å²) in [6, 6.07) is 2.87. The van der Waals surface area contributed by atoms with Gasteiger partial charge in [-0.15, -0.1) is 0 Å². The van der Waals surface area contributed by atoms with Crippen molar-refractivity contribution in [2.75, 3.05) is 24.5 Å². The lowest BCUT2D eigenvalue weighted by Gasteiger charge is -2.24. The number of benzene rings is 1. The van der Waals surface area contributed by atoms with E-state index < -0.39 is 11.6 Å². The molecule has 2 nitrogen and oxygen atoms in total. The maximum Gasteiger partial charge on any atom is 0.149 e. The molecule has 20 heavy (non-hydrogen) atoms. The van der Waals surface area contributed by atoms with Crippen LogP contribution in [0.15, 0.2) is 12.1 Å². The molecule has 1 N–H and O–H groups in total. The first-order chi connectivity index (χ1) is 9.49. The van der Waals surface area contributed by atoms with Gasteiger partial charge in [-0.3, -0.25) is 0 Å². The molecule has 0 aliphatic rings. The average molecular weight is 284 g/mol. The Balaban J connectivity index is 2.85. The highest BCUT2D eigenvalue weighted by molar-refractivity contribution is 5.50. The van der Waals surface area contributed by atoms with Gasteiger partial charge in [-0.25, -0.2) is 8.78 Å². The van der Waals surface area contributed by atoms with Crippen molar-refractivity contribution in [2.24, 2.45) is 5.92 Å². The molecule has 114 valence electrons. The van der Waals surface area contributed by atoms with E-state index in [4.69, 9.17) is 0 Å². The van der Waals surface area contributed by atoms with E-state index in [-0.39, 0.29) is 5.69 Å². The molecular weight excluding hydrogens is 258 g/mol. The molecule has 0 spiro atoms. The molecule has 0 atom stereocenters. The van der Waals surface area contributed by atoms with Gasteiger partial charge in [0.1, 0.15) is 17.3 Å². The summed E-state index contributed by atoms with van der Waals surface area (Å²) in [5, 5.41) is 3.20. The average Bonchev–Trinajstić information content (AvgIpc) is 2.36. The molecule has 0 heterocycles. The third kappa shape index (κ3) is 4.75. The van der Waals surface area contributed by atoms with Gasteiger partial charge in [0, 0.05) is 19.6 Å². The Hall–Kier alpha value is -1.16. The van der Waals surface area contributed by atoms with E-state index in [1.54, 1.807) is 4.90 Å². The third-order valence-electron chi connectivity index (χ3n) is 3.15. The van der Waals surface area contributed by atoms with Gasteiger partial charge in [0.15, 0.2) is 0 Å². The van der Waals surface area contributed by atoms with E-state index in [0.29, 0.717) is 31.1 Å². The van der Waals surface area contributed by atoms with Crippen LogP contribution in [0.5, 0.6) is 0 Å². The molecule has 4 heteroatoms. The zero-order valence-corrected chi connectivity index (χ0v) is 13.0. The maximum absolute atomic E-state index is 14.1. The molecule has 0 saturated carbocycles. The van der Waals surface area contributed by atoms with E-state index in [1.807, 2.05) is 13.8 Å². The van der Waals surface area contributed by atoms with Gasteiger partial charge in [0.05, 0.1) is 0 Å². The summed E-state index contributed by atoms with van der Waals surface area (Å²) in [5.74, 6) is -0.424. The number of halogens is 2. The number of rotatable bonds is 8. The maximum atomic E-state index is 14.1. The van der Waals surface area contributed by atoms with E-state index in [0.717, 1.165) is 13.0 Å². The van der Waals surface area contributed by atoms with Crippen LogP contribution < -0.4 is 10.2 Å². The van der Waals surface area contributed by atoms with Crippen molar-refractivity contribution < 1.29 is 8.78 Å². The first-order valence-electron chi connectivity index (χ1n) is 7.43. The van der Waals surface area contributed by atoms with Crippen LogP contribution >= 0.6 is 0 Å². The topological polar surface area (TPSA) is 15.3 Å². The molecule has 1 aromatic rings. The van der Waals surface area contributed by atoms with Crippen molar-refractivity contribution in [3.63, 3.8) is 0 Å². The second-order valence-corrected chi connectivity index (χ2v) is 5.51. The highest BCUT2D eigenvalue weighted by Crippen LogP contribution is 2.25. The lowest BCUT2D eigenvalue weighted by Crippen LogP contribution is -2.26. The fourth-order valence-electron chi connectivity index (χ4n) is 2.23. The number of nitrogens with one attached hydrogen (secondary N) is 1. The molecule has 0 saturated heterocycles. The van der Waals surface area contributed by atoms with Gasteiger partial charge in [-0.1, -0.05) is 20.8 Å². The first-order valence-corrected chi connectivity index (χ1v) is 7.43. The number of nitrogens with zero attached hydrogens (tertiary/aromatic N) is 1. The summed E-state index contributed by atoms with van der Waals surface area (Å²) in [6.45, 7) is 10.7. The highest BCUT2D eigenvalue weighted by Gasteiger charge is 2.16. The van der Waals surface area contributed by atoms with Crippen molar-refractivity contribution in [1.29, 1.82) is 0 Å². The smallest absolute Gasteiger partial charge is 0.149 e. The van der Waals surface area contributed by atoms with Gasteiger partial charge >= 0.3 is 0 Å². The molecule has 0 fully saturated rings. The Morgan fingerprint density at radius 1 is 1.15 bits per heavy atom. The van der Waals surface area contributed by atoms with Crippen molar-refractivity contribution in [1.82, 2.24) is 5.32 Å². The van der Waals surface area contributed by atoms with Crippen LogP contribution in [-0.2, 0) is 6.54 Å². The Morgan fingerprint density at radius 3 is 2.20 bits per heavy atom. The van der Waals surface area contributed by atoms with Crippen molar-refractivity contribution in [2.45, 2.75) is 40.7 Å². The zero-order chi connectivity index (χ0) is 15.1. The lowest BCUT2D eigenvalue weighted by atomic mass is 10.1. The Kier molecular flexibility index (Phi) is 6.93. The minimum absolute atomic E-state index is 0.0990. The molecule has 0 aliphatic heterocycles. The molecule has 0 radical (unpaired) electrons. The molecule has 1 rings (SSSR count). The van der Waals surface area contributed by atoms with E-state index in [9.17, 15) is 8.78 Å². The van der Waals surface area contributed by atoms with Crippen molar-refractivity contribution >= 4 is 5.69 Å². The Bertz CT molecular complexity index is 396. The molecule has 1 aromatic carbocycles. The summed E-state index contributed by atoms with van der Waals surface area (Å²) in [7, 11) is 0. The normalized spacial score (nSPS) is 11.2. The largest absolute Gasteiger partial charge is 0.367 e. The second kappa shape index (κ2) is 8.20. The van der Waals surface area contributed by atoms with Gasteiger partial charge in [0.2, 0.25) is 0 Å². The minimum Gasteiger partial charge on any atom is -0.367 e. The van der Waals surface area contributed by atoms with Crippen LogP contribution in [0.4, 0.5) is 14.5 Å². The minimum atomic E-state index is -0.471. The van der Waals surface area contributed by atoms with Crippen molar-refractivity contribution in [3.8, 4) is 0 Å². The van der Waals surface area contributed by atoms with Crippen LogP contribution in [0, 0.1) is 17.6 Å². The number of anilines is 1. The molecule has 0 amide bonds. The quantitative estimate of drug-likeness (QED) is 0.777. The first kappa shape index (κ1) is 16.9. The molecule has 0 aliphatic carbocycles. The fourth-order valence-corrected chi connectivity index (χ4v) is 2.23. The fraction of sp³-hybridized carbons (Fsp3) is 0.625. The van der Waals surface area contributed by atoms with Crippen LogP contribution in [-0.4, -0.2) is 19.6 Å². The van der Waals surface area contributed by atoms with E-state index in [1.165, 1.54) is 12.1 Å². The predicted octanol–water partition coefficient (Wildman–Crippen LogP) is 3.95. The van der Waals surface area contributed by atoms with E-state index >= 15 is 0 Å². The van der Waals surface area contributed by atoms with Gasteiger partial charge in [-0.05, 0) is 43.5 Å². The van der Waals surface area contributed by atoms with Crippen LogP contribution in [0.2, 0.25) is 0 Å². The third-order valence-corrected chi connectivity index (χ3v) is 3.15. The number of hydrogen-bond donors (Lipinski definition) is 1. The van der Waals surface area contributed by atoms with E-state index in [2.05, 4.69) is 19.2 Å². The van der Waals surface area contributed by atoms with Gasteiger partial charge in [0.25, 0.3) is 0 Å². The Morgan fingerprint density at radius 2 is 1.75 bits per heavy atom. The molecule has 0 aromatic heterocycles. The highest BCUT2D eigenvalue weighted by atomic mass is 19.1. The summed E-state index contributed by atoms with van der Waals surface area (Å²) in [4.78, 5) is 1.75. The van der Waals surface area contributed by atoms with Crippen LogP contribution in [0.25, 0.3) is 0 Å². The van der Waals surface area contributed by atoms with Crippen molar-refractivity contribution in [3.05, 3.63) is 29.3 Å². The van der Waals surface area contributed by atoms with Gasteiger partial charge < -0.3 is 10.2 Å². The SMILES string of the molecule is CCCN(CC)c1c(F)cc(CNCC(C)C)cc1F. The molecule has 0 bridgehead atoms.